The molecule has 0 saturated heterocycles. The zero-order valence-electron chi connectivity index (χ0n) is 12.6. The minimum absolute atomic E-state index is 0.126. The SMILES string of the molecule is CC(C)Nc1ccc(-c2cc(=O)c3c(N)cccc3o2)cc1. The Bertz CT molecular complexity index is 864. The monoisotopic (exact) mass is 294 g/mol. The molecule has 3 rings (SSSR count). The van der Waals surface area contributed by atoms with E-state index < -0.39 is 0 Å². The van der Waals surface area contributed by atoms with E-state index in [4.69, 9.17) is 10.2 Å². The van der Waals surface area contributed by atoms with E-state index in [1.165, 1.54) is 6.07 Å². The van der Waals surface area contributed by atoms with Crippen molar-refractivity contribution in [3.63, 3.8) is 0 Å². The maximum Gasteiger partial charge on any atom is 0.195 e. The normalized spacial score (nSPS) is 11.0. The molecule has 0 saturated carbocycles. The van der Waals surface area contributed by atoms with Crippen molar-refractivity contribution in [3.8, 4) is 11.3 Å². The van der Waals surface area contributed by atoms with Gasteiger partial charge in [-0.2, -0.15) is 0 Å². The van der Waals surface area contributed by atoms with Crippen LogP contribution >= 0.6 is 0 Å². The fourth-order valence-electron chi connectivity index (χ4n) is 2.44. The number of hydrogen-bond donors (Lipinski definition) is 2. The average molecular weight is 294 g/mol. The highest BCUT2D eigenvalue weighted by molar-refractivity contribution is 5.89. The summed E-state index contributed by atoms with van der Waals surface area (Å²) in [7, 11) is 0. The first kappa shape index (κ1) is 14.2. The smallest absolute Gasteiger partial charge is 0.195 e. The summed E-state index contributed by atoms with van der Waals surface area (Å²) in [6.07, 6.45) is 0. The van der Waals surface area contributed by atoms with Crippen molar-refractivity contribution >= 4 is 22.3 Å². The second-order valence-electron chi connectivity index (χ2n) is 5.57. The number of nitrogen functional groups attached to an aromatic ring is 1. The average Bonchev–Trinajstić information content (AvgIpc) is 2.47. The highest BCUT2D eigenvalue weighted by Crippen LogP contribution is 2.25. The van der Waals surface area contributed by atoms with E-state index >= 15 is 0 Å². The molecule has 4 heteroatoms. The van der Waals surface area contributed by atoms with Crippen LogP contribution < -0.4 is 16.5 Å². The molecular weight excluding hydrogens is 276 g/mol. The third-order valence-corrected chi connectivity index (χ3v) is 3.41. The Labute approximate surface area is 128 Å². The first-order valence-corrected chi connectivity index (χ1v) is 7.24. The topological polar surface area (TPSA) is 68.3 Å². The van der Waals surface area contributed by atoms with Crippen LogP contribution in [0.4, 0.5) is 11.4 Å². The fraction of sp³-hybridized carbons (Fsp3) is 0.167. The van der Waals surface area contributed by atoms with E-state index in [0.717, 1.165) is 11.3 Å². The lowest BCUT2D eigenvalue weighted by Gasteiger charge is -2.10. The second-order valence-corrected chi connectivity index (χ2v) is 5.57. The summed E-state index contributed by atoms with van der Waals surface area (Å²) >= 11 is 0. The Balaban J connectivity index is 2.05. The van der Waals surface area contributed by atoms with Crippen molar-refractivity contribution in [1.29, 1.82) is 0 Å². The number of anilines is 2. The molecule has 1 aromatic heterocycles. The zero-order valence-corrected chi connectivity index (χ0v) is 12.6. The van der Waals surface area contributed by atoms with Crippen LogP contribution in [0.2, 0.25) is 0 Å². The molecule has 0 bridgehead atoms. The molecule has 0 aliphatic rings. The molecule has 4 nitrogen and oxygen atoms in total. The highest BCUT2D eigenvalue weighted by atomic mass is 16.3. The minimum atomic E-state index is -0.126. The molecule has 0 fully saturated rings. The maximum absolute atomic E-state index is 12.3. The summed E-state index contributed by atoms with van der Waals surface area (Å²) < 4.78 is 5.83. The van der Waals surface area contributed by atoms with Crippen LogP contribution in [0.25, 0.3) is 22.3 Å². The zero-order chi connectivity index (χ0) is 15.7. The molecule has 0 unspecified atom stereocenters. The number of benzene rings is 2. The van der Waals surface area contributed by atoms with Crippen molar-refractivity contribution in [2.24, 2.45) is 0 Å². The van der Waals surface area contributed by atoms with Gasteiger partial charge in [-0.05, 0) is 50.2 Å². The Morgan fingerprint density at radius 1 is 1.09 bits per heavy atom. The minimum Gasteiger partial charge on any atom is -0.456 e. The molecule has 22 heavy (non-hydrogen) atoms. The lowest BCUT2D eigenvalue weighted by Crippen LogP contribution is -2.09. The number of rotatable bonds is 3. The molecule has 2 aromatic carbocycles. The second kappa shape index (κ2) is 5.56. The summed E-state index contributed by atoms with van der Waals surface area (Å²) in [5.41, 5.74) is 8.55. The number of nitrogens with one attached hydrogen (secondary N) is 1. The third kappa shape index (κ3) is 2.68. The largest absolute Gasteiger partial charge is 0.456 e. The van der Waals surface area contributed by atoms with Gasteiger partial charge in [-0.3, -0.25) is 4.79 Å². The number of nitrogens with two attached hydrogens (primary N) is 1. The summed E-state index contributed by atoms with van der Waals surface area (Å²) in [5, 5.41) is 3.76. The van der Waals surface area contributed by atoms with Gasteiger partial charge in [0.1, 0.15) is 11.3 Å². The molecule has 3 aromatic rings. The van der Waals surface area contributed by atoms with Crippen molar-refractivity contribution in [2.45, 2.75) is 19.9 Å². The van der Waals surface area contributed by atoms with Gasteiger partial charge in [0, 0.05) is 29.0 Å². The van der Waals surface area contributed by atoms with E-state index in [1.54, 1.807) is 18.2 Å². The molecule has 0 aliphatic heterocycles. The lowest BCUT2D eigenvalue weighted by molar-refractivity contribution is 0.619. The molecule has 0 aliphatic carbocycles. The van der Waals surface area contributed by atoms with Crippen molar-refractivity contribution in [1.82, 2.24) is 0 Å². The number of hydrogen-bond acceptors (Lipinski definition) is 4. The Morgan fingerprint density at radius 2 is 1.82 bits per heavy atom. The summed E-state index contributed by atoms with van der Waals surface area (Å²) in [5.74, 6) is 0.541. The predicted molar refractivity (Wildman–Crippen MR) is 91.1 cm³/mol. The Hall–Kier alpha value is -2.75. The standard InChI is InChI=1S/C18H18N2O2/c1-11(2)20-13-8-6-12(7-9-13)17-10-15(21)18-14(19)4-3-5-16(18)22-17/h3-11,20H,19H2,1-2H3. The van der Waals surface area contributed by atoms with Crippen molar-refractivity contribution < 1.29 is 4.42 Å². The van der Waals surface area contributed by atoms with Gasteiger partial charge >= 0.3 is 0 Å². The van der Waals surface area contributed by atoms with Gasteiger partial charge < -0.3 is 15.5 Å². The van der Waals surface area contributed by atoms with Gasteiger partial charge in [0.15, 0.2) is 5.43 Å². The number of fused-ring (bicyclic) bond motifs is 1. The van der Waals surface area contributed by atoms with Gasteiger partial charge in [-0.15, -0.1) is 0 Å². The van der Waals surface area contributed by atoms with E-state index in [2.05, 4.69) is 19.2 Å². The molecular formula is C18H18N2O2. The van der Waals surface area contributed by atoms with Crippen molar-refractivity contribution in [3.05, 3.63) is 58.8 Å². The highest BCUT2D eigenvalue weighted by Gasteiger charge is 2.09. The molecule has 0 atom stereocenters. The molecule has 0 spiro atoms. The van der Waals surface area contributed by atoms with Gasteiger partial charge in [-0.25, -0.2) is 0 Å². The van der Waals surface area contributed by atoms with Gasteiger partial charge in [0.2, 0.25) is 0 Å². The Morgan fingerprint density at radius 3 is 2.50 bits per heavy atom. The van der Waals surface area contributed by atoms with Crippen LogP contribution in [0.15, 0.2) is 57.7 Å². The quantitative estimate of drug-likeness (QED) is 0.720. The summed E-state index contributed by atoms with van der Waals surface area (Å²) in [6.45, 7) is 4.17. The first-order chi connectivity index (χ1) is 10.5. The molecule has 3 N–H and O–H groups in total. The molecule has 112 valence electrons. The van der Waals surface area contributed by atoms with Crippen molar-refractivity contribution in [2.75, 3.05) is 11.1 Å². The van der Waals surface area contributed by atoms with Gasteiger partial charge in [-0.1, -0.05) is 6.07 Å². The molecule has 0 radical (unpaired) electrons. The first-order valence-electron chi connectivity index (χ1n) is 7.24. The van der Waals surface area contributed by atoms with E-state index in [0.29, 0.717) is 28.5 Å². The van der Waals surface area contributed by atoms with Crippen LogP contribution in [-0.4, -0.2) is 6.04 Å². The van der Waals surface area contributed by atoms with Crippen LogP contribution in [0.1, 0.15) is 13.8 Å². The van der Waals surface area contributed by atoms with Gasteiger partial charge in [0.25, 0.3) is 0 Å². The lowest BCUT2D eigenvalue weighted by atomic mass is 10.1. The Kier molecular flexibility index (Phi) is 3.59. The molecule has 1 heterocycles. The predicted octanol–water partition coefficient (Wildman–Crippen LogP) is 3.86. The van der Waals surface area contributed by atoms with Crippen LogP contribution in [0.5, 0.6) is 0 Å². The van der Waals surface area contributed by atoms with Crippen LogP contribution in [0, 0.1) is 0 Å². The molecule has 0 amide bonds. The maximum atomic E-state index is 12.3. The van der Waals surface area contributed by atoms with E-state index in [1.807, 2.05) is 24.3 Å². The fourth-order valence-corrected chi connectivity index (χ4v) is 2.44. The summed E-state index contributed by atoms with van der Waals surface area (Å²) in [4.78, 5) is 12.3. The van der Waals surface area contributed by atoms with E-state index in [-0.39, 0.29) is 5.43 Å². The van der Waals surface area contributed by atoms with Crippen LogP contribution in [0.3, 0.4) is 0 Å². The summed E-state index contributed by atoms with van der Waals surface area (Å²) in [6, 6.07) is 14.9. The van der Waals surface area contributed by atoms with E-state index in [9.17, 15) is 4.79 Å². The van der Waals surface area contributed by atoms with Crippen LogP contribution in [-0.2, 0) is 0 Å². The third-order valence-electron chi connectivity index (χ3n) is 3.41. The van der Waals surface area contributed by atoms with Gasteiger partial charge in [0.05, 0.1) is 5.39 Å².